The molecule has 2 aromatic rings. The van der Waals surface area contributed by atoms with E-state index < -0.39 is 0 Å². The zero-order chi connectivity index (χ0) is 20.4. The molecule has 1 aliphatic carbocycles. The van der Waals surface area contributed by atoms with Gasteiger partial charge in [-0.25, -0.2) is 0 Å². The van der Waals surface area contributed by atoms with Gasteiger partial charge in [0.2, 0.25) is 0 Å². The predicted molar refractivity (Wildman–Crippen MR) is 116 cm³/mol. The van der Waals surface area contributed by atoms with E-state index in [1.54, 1.807) is 12.4 Å². The first-order valence-electron chi connectivity index (χ1n) is 9.32. The number of hydrogen-bond acceptors (Lipinski definition) is 1. The van der Waals surface area contributed by atoms with Crippen LogP contribution in [0.3, 0.4) is 0 Å². The Morgan fingerprint density at radius 3 is 1.71 bits per heavy atom. The van der Waals surface area contributed by atoms with Crippen LogP contribution >= 0.6 is 20.2 Å². The zero-order valence-electron chi connectivity index (χ0n) is 17.3. The molecule has 163 valence electrons. The Morgan fingerprint density at radius 2 is 1.32 bits per heavy atom. The second kappa shape index (κ2) is 14.7. The molecule has 6 heteroatoms. The Morgan fingerprint density at radius 1 is 0.857 bits per heavy atom. The Bertz CT molecular complexity index is 634. The van der Waals surface area contributed by atoms with Gasteiger partial charge in [-0.3, -0.25) is 4.99 Å². The molecule has 0 bridgehead atoms. The fourth-order valence-electron chi connectivity index (χ4n) is 3.63. The summed E-state index contributed by atoms with van der Waals surface area (Å²) < 4.78 is 0. The van der Waals surface area contributed by atoms with E-state index in [9.17, 15) is 0 Å². The molecule has 0 aliphatic heterocycles. The van der Waals surface area contributed by atoms with E-state index in [0.717, 1.165) is 54.1 Å². The van der Waals surface area contributed by atoms with Gasteiger partial charge in [-0.1, -0.05) is 65.0 Å². The summed E-state index contributed by atoms with van der Waals surface area (Å²) in [7, 11) is 9.34. The average Bonchev–Trinajstić information content (AvgIpc) is 3.24. The van der Waals surface area contributed by atoms with Crippen molar-refractivity contribution in [2.75, 3.05) is 0 Å². The van der Waals surface area contributed by atoms with Crippen molar-refractivity contribution in [1.29, 1.82) is 0 Å². The molecule has 0 atom stereocenters. The summed E-state index contributed by atoms with van der Waals surface area (Å²) in [6.45, 7) is 14.0. The Balaban J connectivity index is 0.000000461. The first kappa shape index (κ1) is 27.8. The Kier molecular flexibility index (Phi) is 14.6. The van der Waals surface area contributed by atoms with Crippen LogP contribution < -0.4 is 4.98 Å². The summed E-state index contributed by atoms with van der Waals surface area (Å²) >= 11 is 0.757. The second-order valence-corrected chi connectivity index (χ2v) is 9.00. The maximum absolute atomic E-state index is 4.67. The third-order valence-corrected chi connectivity index (χ3v) is 6.17. The van der Waals surface area contributed by atoms with Crippen LogP contribution in [-0.2, 0) is 30.2 Å². The van der Waals surface area contributed by atoms with Gasteiger partial charge in [0.1, 0.15) is 0 Å². The minimum atomic E-state index is 0. The summed E-state index contributed by atoms with van der Waals surface area (Å²) in [6.07, 6.45) is 3.54. The number of rotatable bonds is 2. The summed E-state index contributed by atoms with van der Waals surface area (Å²) in [6, 6.07) is 11.9. The third kappa shape index (κ3) is 8.66. The topological polar surface area (TPSA) is 26.5 Å². The van der Waals surface area contributed by atoms with E-state index >= 15 is 0 Å². The molecule has 0 spiro atoms. The molecule has 0 unspecified atom stereocenters. The molecule has 2 nitrogen and oxygen atoms in total. The van der Waals surface area contributed by atoms with Crippen LogP contribution in [0.25, 0.3) is 0 Å². The van der Waals surface area contributed by atoms with Crippen LogP contribution in [0.2, 0.25) is 0 Å². The molecule has 0 radical (unpaired) electrons. The number of benzene rings is 1. The first-order valence-corrected chi connectivity index (χ1v) is 11.9. The van der Waals surface area contributed by atoms with Crippen molar-refractivity contribution in [2.45, 2.75) is 41.5 Å². The zero-order valence-corrected chi connectivity index (χ0v) is 20.9. The Labute approximate surface area is 196 Å². The largest absolute Gasteiger partial charge is 0 e. The second-order valence-electron chi connectivity index (χ2n) is 7.45. The fourth-order valence-corrected chi connectivity index (χ4v) is 3.63. The summed E-state index contributed by atoms with van der Waals surface area (Å²) in [5, 5.41) is 0. The van der Waals surface area contributed by atoms with E-state index in [1.165, 1.54) is 5.56 Å². The van der Waals surface area contributed by atoms with Gasteiger partial charge in [0.05, 0.1) is 5.69 Å². The van der Waals surface area contributed by atoms with E-state index in [0.29, 0.717) is 0 Å². The van der Waals surface area contributed by atoms with Crippen LogP contribution in [0.15, 0.2) is 47.6 Å². The van der Waals surface area contributed by atoms with Crippen molar-refractivity contribution in [3.8, 4) is 0 Å². The SMILES string of the molecule is CC1C(C)C(C)C(C)C1C.Cc1ccccc1N=Cc1ccc[n-]1.[Cl][Cu][Cl].[Fe]. The van der Waals surface area contributed by atoms with Crippen LogP contribution in [0.4, 0.5) is 5.69 Å². The number of aromatic nitrogens is 1. The van der Waals surface area contributed by atoms with Crippen molar-refractivity contribution < 1.29 is 30.2 Å². The molecular weight excluding hydrogens is 483 g/mol. The molecule has 0 N–H and O–H groups in total. The molecule has 1 heterocycles. The van der Waals surface area contributed by atoms with Crippen LogP contribution in [-0.4, -0.2) is 6.21 Å². The van der Waals surface area contributed by atoms with Crippen molar-refractivity contribution in [2.24, 2.45) is 34.6 Å². The van der Waals surface area contributed by atoms with Gasteiger partial charge in [0.15, 0.2) is 0 Å². The molecule has 28 heavy (non-hydrogen) atoms. The number of nitrogens with zero attached hydrogens (tertiary/aromatic N) is 2. The normalized spacial score (nSPS) is 26.1. The molecule has 0 saturated heterocycles. The van der Waals surface area contributed by atoms with Gasteiger partial charge in [-0.15, -0.1) is 5.69 Å². The molecule has 0 amide bonds. The van der Waals surface area contributed by atoms with Gasteiger partial charge in [0.25, 0.3) is 0 Å². The maximum Gasteiger partial charge on any atom is 0 e. The molecule has 1 aromatic carbocycles. The number of aliphatic imine (C=N–C) groups is 1. The number of para-hydroxylation sites is 1. The monoisotopic (exact) mass is 512 g/mol. The maximum atomic E-state index is 4.67. The van der Waals surface area contributed by atoms with Gasteiger partial charge in [-0.05, 0) is 48.1 Å². The summed E-state index contributed by atoms with van der Waals surface area (Å²) in [4.78, 5) is 8.47. The van der Waals surface area contributed by atoms with Gasteiger partial charge >= 0.3 is 33.3 Å². The van der Waals surface area contributed by atoms with Crippen molar-refractivity contribution in [1.82, 2.24) is 4.98 Å². The van der Waals surface area contributed by atoms with E-state index in [4.69, 9.17) is 0 Å². The van der Waals surface area contributed by atoms with Crippen LogP contribution in [0.1, 0.15) is 45.9 Å². The minimum Gasteiger partial charge on any atom is 0 e. The first-order chi connectivity index (χ1) is 12.8. The molecule has 1 fully saturated rings. The van der Waals surface area contributed by atoms with E-state index in [-0.39, 0.29) is 17.1 Å². The van der Waals surface area contributed by atoms with Crippen molar-refractivity contribution in [3.05, 3.63) is 53.9 Å². The van der Waals surface area contributed by atoms with Crippen molar-refractivity contribution in [3.63, 3.8) is 0 Å². The summed E-state index contributed by atoms with van der Waals surface area (Å²) in [5.74, 6) is 4.68. The smallest absolute Gasteiger partial charge is 0 e. The molecular formula is C22H31Cl2CuFeN2-. The summed E-state index contributed by atoms with van der Waals surface area (Å²) in [5.41, 5.74) is 3.07. The number of halogens is 2. The van der Waals surface area contributed by atoms with Crippen LogP contribution in [0, 0.1) is 36.5 Å². The standard InChI is InChI=1S/C12H11N2.C10H20.2ClH.Cu.Fe/c1-10-5-2-3-7-12(10)14-9-11-6-4-8-13-11;1-6-7(2)9(4)10(5)8(6)3;;;;/h2-9H,1H3;6-10H,1-5H3;2*1H;;/q-1;;;;+2;/p-2. The fraction of sp³-hybridized carbons (Fsp3) is 0.500. The van der Waals surface area contributed by atoms with Crippen molar-refractivity contribution >= 4 is 32.1 Å². The predicted octanol–water partition coefficient (Wildman–Crippen LogP) is 7.26. The van der Waals surface area contributed by atoms with Crippen LogP contribution in [0.5, 0.6) is 0 Å². The molecule has 3 rings (SSSR count). The number of hydrogen-bond donors (Lipinski definition) is 0. The quantitative estimate of drug-likeness (QED) is 0.307. The molecule has 1 saturated carbocycles. The van der Waals surface area contributed by atoms with Gasteiger partial charge in [-0.2, -0.15) is 6.20 Å². The third-order valence-electron chi connectivity index (χ3n) is 6.17. The average molecular weight is 514 g/mol. The van der Waals surface area contributed by atoms with Gasteiger partial charge in [0, 0.05) is 23.3 Å². The molecule has 1 aliphatic rings. The van der Waals surface area contributed by atoms with E-state index in [2.05, 4.69) is 64.8 Å². The Hall–Kier alpha value is -0.211. The molecule has 1 aromatic heterocycles. The van der Waals surface area contributed by atoms with Gasteiger partial charge < -0.3 is 4.98 Å². The minimum absolute atomic E-state index is 0. The number of aryl methyl sites for hydroxylation is 1. The van der Waals surface area contributed by atoms with E-state index in [1.807, 2.05) is 43.3 Å².